The molecule has 0 saturated carbocycles. The van der Waals surface area contributed by atoms with Crippen LogP contribution in [0.1, 0.15) is 53.5 Å². The summed E-state index contributed by atoms with van der Waals surface area (Å²) in [7, 11) is 0. The molecule has 0 aliphatic heterocycles. The van der Waals surface area contributed by atoms with Crippen molar-refractivity contribution in [3.05, 3.63) is 35.9 Å². The minimum absolute atomic E-state index is 0.00747. The molecular weight excluding hydrogens is 354 g/mol. The Labute approximate surface area is 169 Å². The standard InChI is InChI=1S/C22H37N3O3/c1-7-19(20(26)24-14-16(2)3)23-15-18(13-17-11-9-8-10-12-17)25-21(27)28-22(4,5)6/h8-12,16,18-19,23H,7,13-15H2,1-6H3,(H,24,26)(H,25,27)/t18-,19-/m0/s1. The summed E-state index contributed by atoms with van der Waals surface area (Å²) in [5, 5.41) is 9.20. The van der Waals surface area contributed by atoms with Gasteiger partial charge in [-0.2, -0.15) is 0 Å². The third-order valence-corrected chi connectivity index (χ3v) is 4.07. The third-order valence-electron chi connectivity index (χ3n) is 4.07. The second kappa shape index (κ2) is 11.7. The molecule has 3 N–H and O–H groups in total. The van der Waals surface area contributed by atoms with Gasteiger partial charge in [-0.3, -0.25) is 4.79 Å². The average molecular weight is 392 g/mol. The third kappa shape index (κ3) is 10.3. The fourth-order valence-corrected chi connectivity index (χ4v) is 2.68. The highest BCUT2D eigenvalue weighted by Gasteiger charge is 2.22. The van der Waals surface area contributed by atoms with Gasteiger partial charge in [-0.1, -0.05) is 51.1 Å². The van der Waals surface area contributed by atoms with Crippen molar-refractivity contribution in [2.24, 2.45) is 5.92 Å². The molecule has 1 aromatic rings. The van der Waals surface area contributed by atoms with Crippen LogP contribution in [0.4, 0.5) is 4.79 Å². The topological polar surface area (TPSA) is 79.5 Å². The molecule has 0 heterocycles. The molecule has 0 aromatic heterocycles. The van der Waals surface area contributed by atoms with E-state index < -0.39 is 11.7 Å². The Hall–Kier alpha value is -2.08. The lowest BCUT2D eigenvalue weighted by Gasteiger charge is -2.25. The van der Waals surface area contributed by atoms with Crippen molar-refractivity contribution in [3.63, 3.8) is 0 Å². The van der Waals surface area contributed by atoms with E-state index in [-0.39, 0.29) is 18.0 Å². The summed E-state index contributed by atoms with van der Waals surface area (Å²) in [4.78, 5) is 24.6. The molecule has 2 amide bonds. The maximum atomic E-state index is 12.4. The molecule has 2 atom stereocenters. The van der Waals surface area contributed by atoms with E-state index in [9.17, 15) is 9.59 Å². The van der Waals surface area contributed by atoms with Crippen molar-refractivity contribution < 1.29 is 14.3 Å². The smallest absolute Gasteiger partial charge is 0.407 e. The van der Waals surface area contributed by atoms with Gasteiger partial charge in [-0.15, -0.1) is 0 Å². The summed E-state index contributed by atoms with van der Waals surface area (Å²) < 4.78 is 5.39. The molecule has 6 nitrogen and oxygen atoms in total. The Morgan fingerprint density at radius 3 is 2.25 bits per heavy atom. The first-order chi connectivity index (χ1) is 13.1. The van der Waals surface area contributed by atoms with E-state index in [1.807, 2.05) is 58.0 Å². The number of hydrogen-bond donors (Lipinski definition) is 3. The van der Waals surface area contributed by atoms with E-state index in [1.165, 1.54) is 0 Å². The Morgan fingerprint density at radius 2 is 1.71 bits per heavy atom. The van der Waals surface area contributed by atoms with Gasteiger partial charge in [0.2, 0.25) is 5.91 Å². The van der Waals surface area contributed by atoms with Crippen molar-refractivity contribution in [2.75, 3.05) is 13.1 Å². The molecule has 0 fully saturated rings. The number of hydrogen-bond acceptors (Lipinski definition) is 4. The molecule has 1 aromatic carbocycles. The second-order valence-electron chi connectivity index (χ2n) is 8.54. The summed E-state index contributed by atoms with van der Waals surface area (Å²) in [6, 6.07) is 9.47. The lowest BCUT2D eigenvalue weighted by Crippen LogP contribution is -2.51. The molecule has 6 heteroatoms. The molecule has 0 unspecified atom stereocenters. The molecule has 0 aliphatic carbocycles. The SMILES string of the molecule is CC[C@H](NC[C@H](Cc1ccccc1)NC(=O)OC(C)(C)C)C(=O)NCC(C)C. The Bertz CT molecular complexity index is 597. The van der Waals surface area contributed by atoms with E-state index >= 15 is 0 Å². The molecule has 1 rings (SSSR count). The van der Waals surface area contributed by atoms with Crippen LogP contribution in [0.15, 0.2) is 30.3 Å². The average Bonchev–Trinajstić information content (AvgIpc) is 2.59. The minimum atomic E-state index is -0.558. The quantitative estimate of drug-likeness (QED) is 0.572. The van der Waals surface area contributed by atoms with Gasteiger partial charge in [0, 0.05) is 19.1 Å². The van der Waals surface area contributed by atoms with Crippen LogP contribution in [0.2, 0.25) is 0 Å². The maximum absolute atomic E-state index is 12.4. The summed E-state index contributed by atoms with van der Waals surface area (Å²) in [6.45, 7) is 12.7. The number of carbonyl (C=O) groups excluding carboxylic acids is 2. The number of amides is 2. The van der Waals surface area contributed by atoms with Gasteiger partial charge in [-0.25, -0.2) is 4.79 Å². The molecule has 158 valence electrons. The van der Waals surface area contributed by atoms with Crippen molar-refractivity contribution in [1.29, 1.82) is 0 Å². The Kier molecular flexibility index (Phi) is 10.0. The fraction of sp³-hybridized carbons (Fsp3) is 0.636. The van der Waals surface area contributed by atoms with E-state index in [0.29, 0.717) is 31.8 Å². The van der Waals surface area contributed by atoms with Gasteiger partial charge >= 0.3 is 6.09 Å². The summed E-state index contributed by atoms with van der Waals surface area (Å²) in [5.41, 5.74) is 0.556. The second-order valence-corrected chi connectivity index (χ2v) is 8.54. The zero-order valence-electron chi connectivity index (χ0n) is 18.2. The van der Waals surface area contributed by atoms with Crippen molar-refractivity contribution >= 4 is 12.0 Å². The minimum Gasteiger partial charge on any atom is -0.444 e. The van der Waals surface area contributed by atoms with Crippen LogP contribution in [0.5, 0.6) is 0 Å². The van der Waals surface area contributed by atoms with Gasteiger partial charge in [0.05, 0.1) is 6.04 Å². The van der Waals surface area contributed by atoms with Gasteiger partial charge in [-0.05, 0) is 45.1 Å². The predicted octanol–water partition coefficient (Wildman–Crippen LogP) is 3.26. The summed E-state index contributed by atoms with van der Waals surface area (Å²) in [5.74, 6) is 0.396. The maximum Gasteiger partial charge on any atom is 0.407 e. The van der Waals surface area contributed by atoms with Gasteiger partial charge < -0.3 is 20.7 Å². The van der Waals surface area contributed by atoms with Crippen LogP contribution in [0, 0.1) is 5.92 Å². The van der Waals surface area contributed by atoms with E-state index in [4.69, 9.17) is 4.74 Å². The lowest BCUT2D eigenvalue weighted by molar-refractivity contribution is -0.123. The van der Waals surface area contributed by atoms with E-state index in [2.05, 4.69) is 29.8 Å². The molecule has 0 radical (unpaired) electrons. The summed E-state index contributed by atoms with van der Waals surface area (Å²) >= 11 is 0. The number of ether oxygens (including phenoxy) is 1. The normalized spacial score (nSPS) is 13.7. The Balaban J connectivity index is 2.72. The van der Waals surface area contributed by atoms with Crippen LogP contribution in [-0.2, 0) is 16.0 Å². The van der Waals surface area contributed by atoms with Gasteiger partial charge in [0.25, 0.3) is 0 Å². The highest BCUT2D eigenvalue weighted by molar-refractivity contribution is 5.81. The first-order valence-corrected chi connectivity index (χ1v) is 10.1. The van der Waals surface area contributed by atoms with Crippen LogP contribution in [-0.4, -0.2) is 42.8 Å². The molecule has 0 bridgehead atoms. The van der Waals surface area contributed by atoms with Crippen molar-refractivity contribution in [3.8, 4) is 0 Å². The zero-order chi connectivity index (χ0) is 21.2. The number of benzene rings is 1. The zero-order valence-corrected chi connectivity index (χ0v) is 18.2. The Morgan fingerprint density at radius 1 is 1.07 bits per heavy atom. The van der Waals surface area contributed by atoms with Crippen LogP contribution in [0.3, 0.4) is 0 Å². The molecule has 0 spiro atoms. The van der Waals surface area contributed by atoms with E-state index in [1.54, 1.807) is 0 Å². The molecular formula is C22H37N3O3. The predicted molar refractivity (Wildman–Crippen MR) is 113 cm³/mol. The van der Waals surface area contributed by atoms with Gasteiger partial charge in [0.1, 0.15) is 5.60 Å². The lowest BCUT2D eigenvalue weighted by atomic mass is 10.1. The molecule has 0 saturated heterocycles. The first kappa shape index (κ1) is 24.0. The largest absolute Gasteiger partial charge is 0.444 e. The molecule has 0 aliphatic rings. The summed E-state index contributed by atoms with van der Waals surface area (Å²) in [6.07, 6.45) is 0.874. The first-order valence-electron chi connectivity index (χ1n) is 10.1. The number of carbonyl (C=O) groups is 2. The van der Waals surface area contributed by atoms with E-state index in [0.717, 1.165) is 5.56 Å². The van der Waals surface area contributed by atoms with Crippen molar-refractivity contribution in [1.82, 2.24) is 16.0 Å². The van der Waals surface area contributed by atoms with Gasteiger partial charge in [0.15, 0.2) is 0 Å². The fourth-order valence-electron chi connectivity index (χ4n) is 2.68. The number of alkyl carbamates (subject to hydrolysis) is 1. The molecule has 28 heavy (non-hydrogen) atoms. The monoisotopic (exact) mass is 391 g/mol. The van der Waals surface area contributed by atoms with Crippen molar-refractivity contribution in [2.45, 2.75) is 72.1 Å². The highest BCUT2D eigenvalue weighted by Crippen LogP contribution is 2.08. The van der Waals surface area contributed by atoms with Crippen LogP contribution < -0.4 is 16.0 Å². The van der Waals surface area contributed by atoms with Crippen LogP contribution >= 0.6 is 0 Å². The highest BCUT2D eigenvalue weighted by atomic mass is 16.6. The number of rotatable bonds is 10. The number of nitrogens with one attached hydrogen (secondary N) is 3. The van der Waals surface area contributed by atoms with Crippen LogP contribution in [0.25, 0.3) is 0 Å².